The monoisotopic (exact) mass is 898 g/mol. The summed E-state index contributed by atoms with van der Waals surface area (Å²) >= 11 is 0. The van der Waals surface area contributed by atoms with Crippen LogP contribution in [-0.2, 0) is 10.8 Å². The van der Waals surface area contributed by atoms with Crippen molar-refractivity contribution in [2.45, 2.75) is 96.3 Å². The zero-order chi connectivity index (χ0) is 47.1. The molecule has 0 spiro atoms. The molecule has 65 heavy (non-hydrogen) atoms. The molecule has 0 aliphatic heterocycles. The predicted octanol–water partition coefficient (Wildman–Crippen LogP) is 15.3. The lowest BCUT2D eigenvalue weighted by Crippen LogP contribution is -2.22. The first-order chi connectivity index (χ1) is 30.7. The molecular formula is C53H46F8O4. The second kappa shape index (κ2) is 18.3. The van der Waals surface area contributed by atoms with Crippen LogP contribution in [0.3, 0.4) is 0 Å². The zero-order valence-electron chi connectivity index (χ0n) is 36.6. The summed E-state index contributed by atoms with van der Waals surface area (Å²) in [6.45, 7) is 10.7. The summed E-state index contributed by atoms with van der Waals surface area (Å²) in [6.07, 6.45) is 4.92. The van der Waals surface area contributed by atoms with Gasteiger partial charge in [0.1, 0.15) is 28.4 Å². The van der Waals surface area contributed by atoms with E-state index in [4.69, 9.17) is 9.47 Å². The van der Waals surface area contributed by atoms with Crippen LogP contribution in [0, 0.1) is 46.5 Å². The molecule has 0 bridgehead atoms. The van der Waals surface area contributed by atoms with E-state index in [1.807, 2.05) is 0 Å². The smallest absolute Gasteiger partial charge is 0.205 e. The zero-order valence-corrected chi connectivity index (χ0v) is 36.6. The van der Waals surface area contributed by atoms with Crippen LogP contribution in [0.25, 0.3) is 0 Å². The molecule has 0 saturated heterocycles. The number of hydrogen-bond acceptors (Lipinski definition) is 4. The Balaban J connectivity index is 0.983. The van der Waals surface area contributed by atoms with Gasteiger partial charge in [-0.15, -0.1) is 0 Å². The lowest BCUT2D eigenvalue weighted by atomic mass is 9.75. The van der Waals surface area contributed by atoms with Gasteiger partial charge in [-0.3, -0.25) is 9.59 Å². The molecule has 0 radical (unpaired) electrons. The molecule has 6 aromatic rings. The summed E-state index contributed by atoms with van der Waals surface area (Å²) in [5.74, 6) is -18.0. The maximum absolute atomic E-state index is 15.4. The van der Waals surface area contributed by atoms with E-state index < -0.39 is 86.0 Å². The van der Waals surface area contributed by atoms with E-state index >= 15 is 17.6 Å². The van der Waals surface area contributed by atoms with Gasteiger partial charge in [-0.05, 0) is 132 Å². The molecule has 0 N–H and O–H groups in total. The number of carbonyl (C=O) groups is 2. The van der Waals surface area contributed by atoms with Gasteiger partial charge >= 0.3 is 0 Å². The van der Waals surface area contributed by atoms with E-state index in [1.54, 1.807) is 12.1 Å². The third kappa shape index (κ3) is 9.31. The molecule has 338 valence electrons. The molecule has 0 unspecified atom stereocenters. The van der Waals surface area contributed by atoms with Crippen molar-refractivity contribution in [1.82, 2.24) is 0 Å². The van der Waals surface area contributed by atoms with E-state index in [0.29, 0.717) is 5.92 Å². The van der Waals surface area contributed by atoms with Crippen LogP contribution in [-0.4, -0.2) is 11.6 Å². The standard InChI is InChI=1S/C53H46F8O4/c1-7-53(5,6)34-20-12-30(13-21-34)28-8-10-29(11-9-28)31-14-22-37(23-15-31)65-51-47(60)43(56)39(44(57)48(51)61)50(63)33-18-26-36(27-19-33)64-35-24-16-32(17-25-35)49(62)38-41(54)45(58)40(52(2,3)4)46(59)42(38)55/h12-29H,7-11H2,1-6H3. The van der Waals surface area contributed by atoms with Crippen molar-refractivity contribution >= 4 is 11.6 Å². The fraction of sp³-hybridized carbons (Fsp3) is 0.283. The summed E-state index contributed by atoms with van der Waals surface area (Å²) < 4.78 is 132. The van der Waals surface area contributed by atoms with Crippen LogP contribution in [0.5, 0.6) is 23.0 Å². The molecule has 1 aliphatic carbocycles. The normalized spacial score (nSPS) is 15.5. The first-order valence-electron chi connectivity index (χ1n) is 21.3. The number of halogens is 8. The van der Waals surface area contributed by atoms with Crippen molar-refractivity contribution in [2.75, 3.05) is 0 Å². The summed E-state index contributed by atoms with van der Waals surface area (Å²) in [5, 5.41) is 0. The van der Waals surface area contributed by atoms with Crippen molar-refractivity contribution in [2.24, 2.45) is 0 Å². The van der Waals surface area contributed by atoms with Crippen molar-refractivity contribution in [3.63, 3.8) is 0 Å². The van der Waals surface area contributed by atoms with E-state index in [9.17, 15) is 27.2 Å². The Morgan fingerprint density at radius 2 is 0.815 bits per heavy atom. The number of benzene rings is 6. The van der Waals surface area contributed by atoms with E-state index in [2.05, 4.69) is 45.0 Å². The molecule has 0 atom stereocenters. The van der Waals surface area contributed by atoms with Crippen molar-refractivity contribution in [1.29, 1.82) is 0 Å². The molecule has 1 saturated carbocycles. The highest BCUT2D eigenvalue weighted by molar-refractivity contribution is 6.10. The Kier molecular flexibility index (Phi) is 13.1. The lowest BCUT2D eigenvalue weighted by Gasteiger charge is -2.30. The van der Waals surface area contributed by atoms with E-state index in [0.717, 1.165) is 61.9 Å². The minimum absolute atomic E-state index is 0.0534. The highest BCUT2D eigenvalue weighted by Crippen LogP contribution is 2.42. The number of carbonyl (C=O) groups excluding carboxylic acids is 2. The molecule has 6 aromatic carbocycles. The summed E-state index contributed by atoms with van der Waals surface area (Å²) in [4.78, 5) is 26.2. The topological polar surface area (TPSA) is 52.6 Å². The molecule has 12 heteroatoms. The van der Waals surface area contributed by atoms with Crippen molar-refractivity contribution in [3.8, 4) is 23.0 Å². The third-order valence-corrected chi connectivity index (χ3v) is 12.5. The summed E-state index contributed by atoms with van der Waals surface area (Å²) in [5.41, 5.74) is -1.95. The third-order valence-electron chi connectivity index (χ3n) is 12.5. The highest BCUT2D eigenvalue weighted by atomic mass is 19.2. The molecule has 0 amide bonds. The van der Waals surface area contributed by atoms with Crippen LogP contribution >= 0.6 is 0 Å². The lowest BCUT2D eigenvalue weighted by molar-refractivity contribution is 0.102. The quantitative estimate of drug-likeness (QED) is 0.0698. The number of hydrogen-bond donors (Lipinski definition) is 0. The van der Waals surface area contributed by atoms with Crippen LogP contribution in [0.15, 0.2) is 97.1 Å². The SMILES string of the molecule is CCC(C)(C)c1ccc(C2CCC(c3ccc(Oc4c(F)c(F)c(C(=O)c5ccc(Oc6ccc(C(=O)c7c(F)c(F)c(C(C)(C)C)c(F)c7F)cc6)cc5)c(F)c4F)cc3)CC2)cc1. The fourth-order valence-electron chi connectivity index (χ4n) is 8.26. The van der Waals surface area contributed by atoms with E-state index in [-0.39, 0.29) is 39.7 Å². The highest BCUT2D eigenvalue weighted by Gasteiger charge is 2.35. The Morgan fingerprint density at radius 3 is 1.18 bits per heavy atom. The van der Waals surface area contributed by atoms with Crippen LogP contribution in [0.4, 0.5) is 35.1 Å². The average Bonchev–Trinajstić information content (AvgIpc) is 3.29. The van der Waals surface area contributed by atoms with Gasteiger partial charge in [0.25, 0.3) is 0 Å². The largest absolute Gasteiger partial charge is 0.457 e. The Bertz CT molecular complexity index is 2690. The maximum Gasteiger partial charge on any atom is 0.205 e. The van der Waals surface area contributed by atoms with E-state index in [1.165, 1.54) is 68.3 Å². The molecule has 1 aliphatic rings. The number of rotatable bonds is 12. The summed E-state index contributed by atoms with van der Waals surface area (Å²) in [7, 11) is 0. The number of ether oxygens (including phenoxy) is 2. The van der Waals surface area contributed by atoms with Crippen molar-refractivity contribution < 1.29 is 54.2 Å². The first-order valence-corrected chi connectivity index (χ1v) is 21.3. The number of ketones is 2. The van der Waals surface area contributed by atoms with Crippen LogP contribution in [0.2, 0.25) is 0 Å². The van der Waals surface area contributed by atoms with Gasteiger partial charge < -0.3 is 9.47 Å². The molecule has 0 heterocycles. The van der Waals surface area contributed by atoms with Gasteiger partial charge in [-0.25, -0.2) is 26.3 Å². The van der Waals surface area contributed by atoms with Crippen molar-refractivity contribution in [3.05, 3.63) is 188 Å². The van der Waals surface area contributed by atoms with Gasteiger partial charge in [0.05, 0.1) is 0 Å². The minimum atomic E-state index is -1.95. The summed E-state index contributed by atoms with van der Waals surface area (Å²) in [6, 6.07) is 24.6. The molecular weight excluding hydrogens is 853 g/mol. The maximum atomic E-state index is 15.4. The van der Waals surface area contributed by atoms with Gasteiger partial charge in [-0.2, -0.15) is 8.78 Å². The predicted molar refractivity (Wildman–Crippen MR) is 231 cm³/mol. The Labute approximate surface area is 372 Å². The van der Waals surface area contributed by atoms with Crippen LogP contribution < -0.4 is 9.47 Å². The van der Waals surface area contributed by atoms with Gasteiger partial charge in [-0.1, -0.05) is 77.9 Å². The van der Waals surface area contributed by atoms with Gasteiger partial charge in [0.15, 0.2) is 46.5 Å². The Hall–Kier alpha value is -6.30. The fourth-order valence-corrected chi connectivity index (χ4v) is 8.26. The minimum Gasteiger partial charge on any atom is -0.457 e. The first kappa shape index (κ1) is 46.7. The molecule has 7 rings (SSSR count). The van der Waals surface area contributed by atoms with Gasteiger partial charge in [0.2, 0.25) is 17.4 Å². The second-order valence-corrected chi connectivity index (χ2v) is 18.1. The molecule has 0 aromatic heterocycles. The average molecular weight is 899 g/mol. The Morgan fingerprint density at radius 1 is 0.477 bits per heavy atom. The van der Waals surface area contributed by atoms with Gasteiger partial charge in [0, 0.05) is 16.7 Å². The second-order valence-electron chi connectivity index (χ2n) is 18.1. The van der Waals surface area contributed by atoms with Crippen LogP contribution in [0.1, 0.15) is 140 Å². The molecule has 1 fully saturated rings. The molecule has 4 nitrogen and oxygen atoms in total.